The third kappa shape index (κ3) is 3.84. The molecule has 1 N–H and O–H groups in total. The fourth-order valence-corrected chi connectivity index (χ4v) is 3.48. The summed E-state index contributed by atoms with van der Waals surface area (Å²) >= 11 is 0. The third-order valence-corrected chi connectivity index (χ3v) is 4.99. The van der Waals surface area contributed by atoms with E-state index in [1.54, 1.807) is 31.2 Å². The molecule has 1 aliphatic carbocycles. The van der Waals surface area contributed by atoms with Gasteiger partial charge in [-0.05, 0) is 44.7 Å². The number of hydrogen-bond donors (Lipinski definition) is 1. The van der Waals surface area contributed by atoms with Crippen molar-refractivity contribution in [3.05, 3.63) is 54.6 Å². The Bertz CT molecular complexity index is 903. The lowest BCUT2D eigenvalue weighted by atomic mass is 9.91. The highest BCUT2D eigenvalue weighted by Gasteiger charge is 2.25. The Morgan fingerprint density at radius 2 is 2.04 bits per heavy atom. The van der Waals surface area contributed by atoms with Crippen LogP contribution in [0, 0.1) is 6.92 Å². The van der Waals surface area contributed by atoms with Crippen molar-refractivity contribution in [3.8, 4) is 11.4 Å². The van der Waals surface area contributed by atoms with Gasteiger partial charge in [-0.1, -0.05) is 0 Å². The van der Waals surface area contributed by atoms with Gasteiger partial charge in [0.15, 0.2) is 5.82 Å². The van der Waals surface area contributed by atoms with E-state index in [0.29, 0.717) is 23.1 Å². The van der Waals surface area contributed by atoms with Gasteiger partial charge in [0, 0.05) is 30.2 Å². The number of carbonyl (C=O) groups excluding carboxylic acids is 1. The largest absolute Gasteiger partial charge is 0.349 e. The highest BCUT2D eigenvalue weighted by Crippen LogP contribution is 2.27. The molecule has 4 rings (SSSR count). The zero-order chi connectivity index (χ0) is 18.6. The highest BCUT2D eigenvalue weighted by molar-refractivity contribution is 5.95. The van der Waals surface area contributed by atoms with Gasteiger partial charge < -0.3 is 5.32 Å². The molecule has 138 valence electrons. The van der Waals surface area contributed by atoms with Crippen LogP contribution in [-0.4, -0.2) is 41.7 Å². The second-order valence-corrected chi connectivity index (χ2v) is 6.79. The van der Waals surface area contributed by atoms with Crippen LogP contribution in [0.1, 0.15) is 47.8 Å². The molecule has 0 bridgehead atoms. The average molecular weight is 363 g/mol. The van der Waals surface area contributed by atoms with Crippen molar-refractivity contribution in [2.24, 2.45) is 0 Å². The SMILES string of the molecule is Cc1nc(-c2cccnc2)ncc1C(=O)NC1CCC(n2cncn2)CC1. The second-order valence-electron chi connectivity index (χ2n) is 6.79. The van der Waals surface area contributed by atoms with Gasteiger partial charge >= 0.3 is 0 Å². The summed E-state index contributed by atoms with van der Waals surface area (Å²) in [5.74, 6) is 0.458. The van der Waals surface area contributed by atoms with Gasteiger partial charge in [0.25, 0.3) is 5.91 Å². The first-order valence-electron chi connectivity index (χ1n) is 9.09. The number of carbonyl (C=O) groups is 1. The smallest absolute Gasteiger partial charge is 0.254 e. The highest BCUT2D eigenvalue weighted by atomic mass is 16.1. The predicted molar refractivity (Wildman–Crippen MR) is 98.8 cm³/mol. The monoisotopic (exact) mass is 363 g/mol. The minimum Gasteiger partial charge on any atom is -0.349 e. The molecule has 0 unspecified atom stereocenters. The summed E-state index contributed by atoms with van der Waals surface area (Å²) in [7, 11) is 0. The lowest BCUT2D eigenvalue weighted by Crippen LogP contribution is -2.38. The van der Waals surface area contributed by atoms with E-state index in [1.807, 2.05) is 23.7 Å². The number of pyridine rings is 1. The number of hydrogen-bond acceptors (Lipinski definition) is 6. The van der Waals surface area contributed by atoms with Crippen LogP contribution in [0.3, 0.4) is 0 Å². The zero-order valence-corrected chi connectivity index (χ0v) is 15.1. The Labute approximate surface area is 157 Å². The molecule has 1 amide bonds. The third-order valence-electron chi connectivity index (χ3n) is 4.99. The van der Waals surface area contributed by atoms with Gasteiger partial charge in [0.2, 0.25) is 0 Å². The van der Waals surface area contributed by atoms with Crippen LogP contribution < -0.4 is 5.32 Å². The van der Waals surface area contributed by atoms with E-state index in [-0.39, 0.29) is 11.9 Å². The van der Waals surface area contributed by atoms with Crippen LogP contribution in [0.25, 0.3) is 11.4 Å². The minimum atomic E-state index is -0.116. The van der Waals surface area contributed by atoms with E-state index in [0.717, 1.165) is 31.2 Å². The maximum atomic E-state index is 12.7. The molecule has 0 atom stereocenters. The zero-order valence-electron chi connectivity index (χ0n) is 15.1. The van der Waals surface area contributed by atoms with E-state index in [1.165, 1.54) is 0 Å². The van der Waals surface area contributed by atoms with Gasteiger partial charge in [-0.2, -0.15) is 5.10 Å². The van der Waals surface area contributed by atoms with Crippen molar-refractivity contribution in [1.82, 2.24) is 35.0 Å². The lowest BCUT2D eigenvalue weighted by Gasteiger charge is -2.29. The molecule has 27 heavy (non-hydrogen) atoms. The maximum absolute atomic E-state index is 12.7. The molecule has 3 aromatic heterocycles. The van der Waals surface area contributed by atoms with Gasteiger partial charge in [-0.3, -0.25) is 9.78 Å². The molecule has 0 radical (unpaired) electrons. The van der Waals surface area contributed by atoms with Gasteiger partial charge in [-0.25, -0.2) is 19.6 Å². The standard InChI is InChI=1S/C19H21N7O/c1-13-17(10-22-18(24-13)14-3-2-8-20-9-14)19(27)25-15-4-6-16(7-5-15)26-12-21-11-23-26/h2-3,8-12,15-16H,4-7H2,1H3,(H,25,27). The Kier molecular flexibility index (Phi) is 4.86. The first-order valence-corrected chi connectivity index (χ1v) is 9.09. The van der Waals surface area contributed by atoms with Gasteiger partial charge in [-0.15, -0.1) is 0 Å². The van der Waals surface area contributed by atoms with Crippen LogP contribution >= 0.6 is 0 Å². The van der Waals surface area contributed by atoms with E-state index < -0.39 is 0 Å². The van der Waals surface area contributed by atoms with E-state index in [9.17, 15) is 4.79 Å². The topological polar surface area (TPSA) is 98.5 Å². The van der Waals surface area contributed by atoms with Crippen molar-refractivity contribution in [1.29, 1.82) is 0 Å². The van der Waals surface area contributed by atoms with E-state index in [4.69, 9.17) is 0 Å². The molecule has 1 fully saturated rings. The molecule has 0 aromatic carbocycles. The summed E-state index contributed by atoms with van der Waals surface area (Å²) in [6.07, 6.45) is 12.1. The van der Waals surface area contributed by atoms with Crippen LogP contribution in [0.4, 0.5) is 0 Å². The second kappa shape index (κ2) is 7.61. The van der Waals surface area contributed by atoms with Crippen molar-refractivity contribution < 1.29 is 4.79 Å². The van der Waals surface area contributed by atoms with Crippen LogP contribution in [0.5, 0.6) is 0 Å². The fraction of sp³-hybridized carbons (Fsp3) is 0.368. The fourth-order valence-electron chi connectivity index (χ4n) is 3.48. The molecule has 0 aliphatic heterocycles. The quantitative estimate of drug-likeness (QED) is 0.764. The first kappa shape index (κ1) is 17.3. The molecule has 1 saturated carbocycles. The van der Waals surface area contributed by atoms with Crippen LogP contribution in [-0.2, 0) is 0 Å². The molecule has 8 heteroatoms. The summed E-state index contributed by atoms with van der Waals surface area (Å²) in [5, 5.41) is 7.34. The lowest BCUT2D eigenvalue weighted by molar-refractivity contribution is 0.0920. The Morgan fingerprint density at radius 3 is 2.70 bits per heavy atom. The minimum absolute atomic E-state index is 0.116. The van der Waals surface area contributed by atoms with E-state index >= 15 is 0 Å². The summed E-state index contributed by atoms with van der Waals surface area (Å²) in [4.78, 5) is 29.6. The number of rotatable bonds is 4. The number of aryl methyl sites for hydroxylation is 1. The Morgan fingerprint density at radius 1 is 1.19 bits per heavy atom. The van der Waals surface area contributed by atoms with Gasteiger partial charge in [0.1, 0.15) is 12.7 Å². The van der Waals surface area contributed by atoms with Crippen LogP contribution in [0.15, 0.2) is 43.4 Å². The molecule has 0 spiro atoms. The molecule has 0 saturated heterocycles. The molecular formula is C19H21N7O. The molecule has 1 aliphatic rings. The number of aromatic nitrogens is 6. The van der Waals surface area contributed by atoms with Crippen molar-refractivity contribution in [2.45, 2.75) is 44.7 Å². The summed E-state index contributed by atoms with van der Waals surface area (Å²) in [5.41, 5.74) is 2.01. The summed E-state index contributed by atoms with van der Waals surface area (Å²) < 4.78 is 1.91. The molecular weight excluding hydrogens is 342 g/mol. The number of nitrogens with zero attached hydrogens (tertiary/aromatic N) is 6. The normalized spacial score (nSPS) is 19.6. The Hall–Kier alpha value is -3.16. The van der Waals surface area contributed by atoms with Gasteiger partial charge in [0.05, 0.1) is 17.3 Å². The number of nitrogens with one attached hydrogen (secondary N) is 1. The number of amides is 1. The summed E-state index contributed by atoms with van der Waals surface area (Å²) in [6.45, 7) is 1.83. The Balaban J connectivity index is 1.39. The maximum Gasteiger partial charge on any atom is 0.254 e. The van der Waals surface area contributed by atoms with E-state index in [2.05, 4.69) is 30.4 Å². The van der Waals surface area contributed by atoms with Crippen LogP contribution in [0.2, 0.25) is 0 Å². The molecule has 8 nitrogen and oxygen atoms in total. The van der Waals surface area contributed by atoms with Crippen molar-refractivity contribution in [3.63, 3.8) is 0 Å². The predicted octanol–water partition coefficient (Wildman–Crippen LogP) is 2.35. The molecule has 3 heterocycles. The molecule has 3 aromatic rings. The summed E-state index contributed by atoms with van der Waals surface area (Å²) in [6, 6.07) is 4.26. The van der Waals surface area contributed by atoms with Crippen molar-refractivity contribution >= 4 is 5.91 Å². The van der Waals surface area contributed by atoms with Crippen molar-refractivity contribution in [2.75, 3.05) is 0 Å². The first-order chi connectivity index (χ1) is 13.2. The average Bonchev–Trinajstić information content (AvgIpc) is 3.24.